The Balaban J connectivity index is 1.46. The molecule has 11 heteroatoms. The molecule has 37 heavy (non-hydrogen) atoms. The number of rotatable bonds is 7. The van der Waals surface area contributed by atoms with E-state index >= 15 is 0 Å². The Hall–Kier alpha value is -3.85. The lowest BCUT2D eigenvalue weighted by Gasteiger charge is -2.08. The molecular formula is C26H20N2O6S3. The van der Waals surface area contributed by atoms with Gasteiger partial charge in [0.15, 0.2) is 0 Å². The molecule has 0 N–H and O–H groups in total. The summed E-state index contributed by atoms with van der Waals surface area (Å²) in [5.74, 6) is -0.0601. The minimum Gasteiger partial charge on any atom is -0.379 e. The molecule has 0 atom stereocenters. The average Bonchev–Trinajstić information content (AvgIpc) is 3.34. The number of nitrogens with zero attached hydrogens (tertiary/aromatic N) is 2. The molecule has 0 saturated carbocycles. The van der Waals surface area contributed by atoms with Gasteiger partial charge in [0.2, 0.25) is 0 Å². The quantitative estimate of drug-likeness (QED) is 0.219. The highest BCUT2D eigenvalue weighted by atomic mass is 32.2. The summed E-state index contributed by atoms with van der Waals surface area (Å²) in [6, 6.07) is 20.5. The Kier molecular flexibility index (Phi) is 7.54. The van der Waals surface area contributed by atoms with Crippen LogP contribution in [0.3, 0.4) is 0 Å². The first-order valence-electron chi connectivity index (χ1n) is 10.8. The molecule has 0 fully saturated rings. The van der Waals surface area contributed by atoms with Crippen molar-refractivity contribution in [3.8, 4) is 11.8 Å². The monoisotopic (exact) mass is 552 g/mol. The summed E-state index contributed by atoms with van der Waals surface area (Å²) in [6.07, 6.45) is 3.23. The van der Waals surface area contributed by atoms with Crippen LogP contribution in [0.15, 0.2) is 105 Å². The van der Waals surface area contributed by atoms with Gasteiger partial charge in [0.25, 0.3) is 0 Å². The van der Waals surface area contributed by atoms with Crippen molar-refractivity contribution in [2.45, 2.75) is 23.6 Å². The first-order chi connectivity index (χ1) is 17.6. The number of oxime groups is 1. The SMILES string of the molecule is Cc1ccc(S(=O)(=O)Oc2ccc(S(=O)(=O)O/N=C3C=C/C(=C(/C#N)c4ccccc4C)S\3)cc2)cc1. The van der Waals surface area contributed by atoms with Gasteiger partial charge < -0.3 is 4.18 Å². The lowest BCUT2D eigenvalue weighted by Crippen LogP contribution is -2.10. The van der Waals surface area contributed by atoms with Gasteiger partial charge in [0, 0.05) is 4.91 Å². The van der Waals surface area contributed by atoms with E-state index in [4.69, 9.17) is 8.47 Å². The van der Waals surface area contributed by atoms with Crippen LogP contribution in [0.1, 0.15) is 16.7 Å². The summed E-state index contributed by atoms with van der Waals surface area (Å²) in [6.45, 7) is 3.73. The van der Waals surface area contributed by atoms with E-state index in [1.165, 1.54) is 24.3 Å². The van der Waals surface area contributed by atoms with Crippen LogP contribution in [0.5, 0.6) is 5.75 Å². The normalized spacial score (nSPS) is 15.9. The fourth-order valence-corrected chi connectivity index (χ4v) is 5.82. The topological polar surface area (TPSA) is 123 Å². The van der Waals surface area contributed by atoms with Crippen molar-refractivity contribution in [2.24, 2.45) is 5.16 Å². The van der Waals surface area contributed by atoms with Crippen molar-refractivity contribution in [3.05, 3.63) is 107 Å². The maximum Gasteiger partial charge on any atom is 0.358 e. The molecule has 1 aliphatic rings. The average molecular weight is 553 g/mol. The molecule has 0 amide bonds. The van der Waals surface area contributed by atoms with Crippen LogP contribution in [0.4, 0.5) is 0 Å². The van der Waals surface area contributed by atoms with Crippen molar-refractivity contribution >= 4 is 42.6 Å². The molecule has 8 nitrogen and oxygen atoms in total. The standard InChI is InChI=1S/C26H20N2O6S3/c1-18-7-11-21(12-8-18)36(29,30)33-20-9-13-22(14-10-20)37(31,32)34-28-26-16-15-25(35-26)24(17-27)23-6-4-3-5-19(23)2/h3-16H,1-2H3/b25-24+,28-26+. The number of allylic oxidation sites excluding steroid dienone is 2. The third-order valence-corrected chi connectivity index (χ3v) is 8.58. The molecule has 3 aromatic carbocycles. The molecule has 0 aliphatic carbocycles. The Morgan fingerprint density at radius 1 is 0.838 bits per heavy atom. The van der Waals surface area contributed by atoms with Crippen molar-refractivity contribution < 1.29 is 25.3 Å². The second-order valence-electron chi connectivity index (χ2n) is 7.88. The number of hydrogen-bond donors (Lipinski definition) is 0. The van der Waals surface area contributed by atoms with Crippen molar-refractivity contribution in [2.75, 3.05) is 0 Å². The lowest BCUT2D eigenvalue weighted by molar-refractivity contribution is 0.340. The van der Waals surface area contributed by atoms with E-state index in [0.717, 1.165) is 40.6 Å². The highest BCUT2D eigenvalue weighted by Gasteiger charge is 2.21. The Morgan fingerprint density at radius 3 is 2.11 bits per heavy atom. The van der Waals surface area contributed by atoms with Crippen LogP contribution in [0, 0.1) is 25.2 Å². The fourth-order valence-electron chi connectivity index (χ4n) is 3.28. The van der Waals surface area contributed by atoms with Crippen LogP contribution in [0.2, 0.25) is 0 Å². The third-order valence-electron chi connectivity index (χ3n) is 5.22. The first-order valence-corrected chi connectivity index (χ1v) is 14.4. The molecule has 0 radical (unpaired) electrons. The van der Waals surface area contributed by atoms with Gasteiger partial charge in [-0.3, -0.25) is 4.28 Å². The van der Waals surface area contributed by atoms with Gasteiger partial charge in [-0.15, -0.1) is 0 Å². The zero-order chi connectivity index (χ0) is 26.6. The van der Waals surface area contributed by atoms with Crippen LogP contribution < -0.4 is 4.18 Å². The van der Waals surface area contributed by atoms with Gasteiger partial charge in [0.05, 0.1) is 5.57 Å². The number of aryl methyl sites for hydroxylation is 2. The first kappa shape index (κ1) is 26.2. The minimum absolute atomic E-state index is 0.0218. The minimum atomic E-state index is -4.29. The third kappa shape index (κ3) is 6.11. The molecule has 1 heterocycles. The summed E-state index contributed by atoms with van der Waals surface area (Å²) in [4.78, 5) is 0.358. The number of benzene rings is 3. The van der Waals surface area contributed by atoms with Crippen molar-refractivity contribution in [1.82, 2.24) is 0 Å². The molecule has 0 bridgehead atoms. The van der Waals surface area contributed by atoms with E-state index in [2.05, 4.69) is 11.2 Å². The maximum atomic E-state index is 12.6. The van der Waals surface area contributed by atoms with Crippen LogP contribution in [0.25, 0.3) is 5.57 Å². The number of hydrogen-bond acceptors (Lipinski definition) is 9. The number of nitriles is 1. The van der Waals surface area contributed by atoms with Gasteiger partial charge in [-0.05, 0) is 73.5 Å². The van der Waals surface area contributed by atoms with Crippen LogP contribution in [-0.4, -0.2) is 21.9 Å². The predicted molar refractivity (Wildman–Crippen MR) is 142 cm³/mol. The lowest BCUT2D eigenvalue weighted by atomic mass is 10.0. The highest BCUT2D eigenvalue weighted by molar-refractivity contribution is 8.18. The Bertz CT molecular complexity index is 1680. The number of thioether (sulfide) groups is 1. The van der Waals surface area contributed by atoms with E-state index in [1.54, 1.807) is 24.3 Å². The second kappa shape index (κ2) is 10.6. The van der Waals surface area contributed by atoms with Gasteiger partial charge >= 0.3 is 20.2 Å². The van der Waals surface area contributed by atoms with Gasteiger partial charge in [-0.1, -0.05) is 58.9 Å². The zero-order valence-electron chi connectivity index (χ0n) is 19.7. The summed E-state index contributed by atoms with van der Waals surface area (Å²) in [5, 5.41) is 13.6. The van der Waals surface area contributed by atoms with Gasteiger partial charge in [-0.25, -0.2) is 0 Å². The maximum absolute atomic E-state index is 12.6. The summed E-state index contributed by atoms with van der Waals surface area (Å²) in [5.41, 5.74) is 3.05. The fraction of sp³-hybridized carbons (Fsp3) is 0.0769. The second-order valence-corrected chi connectivity index (χ2v) is 12.0. The molecular weight excluding hydrogens is 532 g/mol. The molecule has 0 saturated heterocycles. The van der Waals surface area contributed by atoms with E-state index in [0.29, 0.717) is 10.5 Å². The zero-order valence-corrected chi connectivity index (χ0v) is 22.1. The van der Waals surface area contributed by atoms with E-state index in [9.17, 15) is 22.1 Å². The molecule has 3 aromatic rings. The highest BCUT2D eigenvalue weighted by Crippen LogP contribution is 2.35. The summed E-state index contributed by atoms with van der Waals surface area (Å²) >= 11 is 1.11. The molecule has 1 aliphatic heterocycles. The Morgan fingerprint density at radius 2 is 1.46 bits per heavy atom. The van der Waals surface area contributed by atoms with E-state index < -0.39 is 20.2 Å². The molecule has 188 valence electrons. The van der Waals surface area contributed by atoms with Crippen molar-refractivity contribution in [3.63, 3.8) is 0 Å². The van der Waals surface area contributed by atoms with Gasteiger partial charge in [0.1, 0.15) is 26.7 Å². The predicted octanol–water partition coefficient (Wildman–Crippen LogP) is 5.33. The van der Waals surface area contributed by atoms with E-state index in [-0.39, 0.29) is 20.6 Å². The van der Waals surface area contributed by atoms with Crippen molar-refractivity contribution in [1.29, 1.82) is 5.26 Å². The van der Waals surface area contributed by atoms with Crippen LogP contribution >= 0.6 is 11.8 Å². The Labute approximate surface area is 219 Å². The molecule has 0 aromatic heterocycles. The molecule has 0 spiro atoms. The molecule has 4 rings (SSSR count). The summed E-state index contributed by atoms with van der Waals surface area (Å²) < 4.78 is 60.0. The van der Waals surface area contributed by atoms with E-state index in [1.807, 2.05) is 38.1 Å². The smallest absolute Gasteiger partial charge is 0.358 e. The largest absolute Gasteiger partial charge is 0.379 e. The summed E-state index contributed by atoms with van der Waals surface area (Å²) in [7, 11) is -8.37. The van der Waals surface area contributed by atoms with Gasteiger partial charge in [-0.2, -0.15) is 22.1 Å². The molecule has 0 unspecified atom stereocenters. The van der Waals surface area contributed by atoms with Crippen LogP contribution in [-0.2, 0) is 24.5 Å².